The van der Waals surface area contributed by atoms with E-state index in [0.29, 0.717) is 21.5 Å². The molecule has 1 aromatic heterocycles. The quantitative estimate of drug-likeness (QED) is 0.497. The molecule has 0 N–H and O–H groups in total. The van der Waals surface area contributed by atoms with Crippen molar-refractivity contribution in [1.82, 2.24) is 14.8 Å². The molecule has 0 amide bonds. The predicted octanol–water partition coefficient (Wildman–Crippen LogP) is 3.27. The van der Waals surface area contributed by atoms with Crippen molar-refractivity contribution in [1.29, 1.82) is 0 Å². The summed E-state index contributed by atoms with van der Waals surface area (Å²) in [5, 5.41) is 7.80. The lowest BCUT2D eigenvalue weighted by Gasteiger charge is -2.10. The Labute approximate surface area is 157 Å². The second kappa shape index (κ2) is 8.03. The normalized spacial score (nSPS) is 12.1. The van der Waals surface area contributed by atoms with Crippen LogP contribution in [-0.2, 0) is 11.4 Å². The first-order valence-electron chi connectivity index (χ1n) is 8.16. The standard InChI is InChI=1S/C19H15F3N4O2/c1-28-25-17(13-6-3-2-4-7-13)14-8-5-9-15(10-14)18-23-11-16(27)26(24-18)12-19(20,21)22/h2-11H,12H2,1H3/b25-17-. The zero-order valence-corrected chi connectivity index (χ0v) is 14.7. The maximum atomic E-state index is 12.6. The van der Waals surface area contributed by atoms with Crippen molar-refractivity contribution in [3.8, 4) is 11.4 Å². The van der Waals surface area contributed by atoms with E-state index in [1.54, 1.807) is 24.3 Å². The van der Waals surface area contributed by atoms with Crippen LogP contribution in [0.5, 0.6) is 0 Å². The highest BCUT2D eigenvalue weighted by Crippen LogP contribution is 2.20. The largest absolute Gasteiger partial charge is 0.408 e. The van der Waals surface area contributed by atoms with Gasteiger partial charge in [-0.1, -0.05) is 53.7 Å². The molecule has 28 heavy (non-hydrogen) atoms. The smallest absolute Gasteiger partial charge is 0.399 e. The van der Waals surface area contributed by atoms with Gasteiger partial charge in [0.1, 0.15) is 19.4 Å². The maximum Gasteiger partial charge on any atom is 0.408 e. The third-order valence-corrected chi connectivity index (χ3v) is 3.72. The number of halogens is 3. The molecule has 0 aliphatic rings. The molecule has 3 rings (SSSR count). The highest BCUT2D eigenvalue weighted by molar-refractivity contribution is 6.13. The molecular formula is C19H15F3N4O2. The third-order valence-electron chi connectivity index (χ3n) is 3.72. The van der Waals surface area contributed by atoms with Crippen LogP contribution in [0.15, 0.2) is 70.7 Å². The number of nitrogens with zero attached hydrogens (tertiary/aromatic N) is 4. The third kappa shape index (κ3) is 4.61. The summed E-state index contributed by atoms with van der Waals surface area (Å²) >= 11 is 0. The van der Waals surface area contributed by atoms with Crippen molar-refractivity contribution in [2.24, 2.45) is 5.16 Å². The summed E-state index contributed by atoms with van der Waals surface area (Å²) in [7, 11) is 1.42. The molecule has 0 saturated carbocycles. The van der Waals surface area contributed by atoms with Gasteiger partial charge in [0.2, 0.25) is 0 Å². The van der Waals surface area contributed by atoms with Crippen molar-refractivity contribution in [3.63, 3.8) is 0 Å². The molecule has 2 aromatic carbocycles. The Morgan fingerprint density at radius 2 is 1.82 bits per heavy atom. The van der Waals surface area contributed by atoms with Gasteiger partial charge in [0, 0.05) is 16.7 Å². The Bertz CT molecular complexity index is 1050. The van der Waals surface area contributed by atoms with E-state index in [1.165, 1.54) is 7.11 Å². The minimum atomic E-state index is -4.57. The molecule has 0 fully saturated rings. The van der Waals surface area contributed by atoms with Crippen molar-refractivity contribution < 1.29 is 18.0 Å². The molecule has 0 saturated heterocycles. The first kappa shape index (κ1) is 19.3. The minimum absolute atomic E-state index is 0.00414. The Hall–Kier alpha value is -3.49. The lowest BCUT2D eigenvalue weighted by molar-refractivity contribution is -0.143. The van der Waals surface area contributed by atoms with Crippen LogP contribution in [0.3, 0.4) is 0 Å². The van der Waals surface area contributed by atoms with Gasteiger partial charge < -0.3 is 4.84 Å². The maximum absolute atomic E-state index is 12.6. The Morgan fingerprint density at radius 3 is 2.50 bits per heavy atom. The van der Waals surface area contributed by atoms with Crippen LogP contribution in [0.4, 0.5) is 13.2 Å². The summed E-state index contributed by atoms with van der Waals surface area (Å²) < 4.78 is 38.3. The first-order valence-corrected chi connectivity index (χ1v) is 8.16. The van der Waals surface area contributed by atoms with Gasteiger partial charge in [0.15, 0.2) is 5.82 Å². The SMILES string of the molecule is CO/N=C(/c1ccccc1)c1cccc(-c2ncc(=O)n(CC(F)(F)F)n2)c1. The molecule has 0 radical (unpaired) electrons. The number of oxime groups is 1. The van der Waals surface area contributed by atoms with Crippen LogP contribution in [0.25, 0.3) is 11.4 Å². The van der Waals surface area contributed by atoms with Gasteiger partial charge in [0.05, 0.1) is 6.20 Å². The van der Waals surface area contributed by atoms with Gasteiger partial charge >= 0.3 is 6.18 Å². The highest BCUT2D eigenvalue weighted by atomic mass is 19.4. The van der Waals surface area contributed by atoms with E-state index in [1.807, 2.05) is 30.3 Å². The van der Waals surface area contributed by atoms with Crippen molar-refractivity contribution >= 4 is 5.71 Å². The lowest BCUT2D eigenvalue weighted by atomic mass is 10.0. The van der Waals surface area contributed by atoms with E-state index in [-0.39, 0.29) is 5.82 Å². The molecule has 6 nitrogen and oxygen atoms in total. The van der Waals surface area contributed by atoms with Crippen LogP contribution in [-0.4, -0.2) is 33.8 Å². The monoisotopic (exact) mass is 388 g/mol. The number of rotatable bonds is 5. The van der Waals surface area contributed by atoms with E-state index < -0.39 is 18.3 Å². The Balaban J connectivity index is 2.03. The molecule has 0 aliphatic heterocycles. The summed E-state index contributed by atoms with van der Waals surface area (Å²) in [4.78, 5) is 20.4. The van der Waals surface area contributed by atoms with Crippen molar-refractivity contribution in [2.75, 3.05) is 7.11 Å². The molecule has 0 unspecified atom stereocenters. The lowest BCUT2D eigenvalue weighted by Crippen LogP contribution is -2.30. The van der Waals surface area contributed by atoms with E-state index >= 15 is 0 Å². The average Bonchev–Trinajstić information content (AvgIpc) is 2.67. The molecule has 0 spiro atoms. The van der Waals surface area contributed by atoms with Crippen LogP contribution >= 0.6 is 0 Å². The van der Waals surface area contributed by atoms with Gasteiger partial charge in [-0.3, -0.25) is 4.79 Å². The number of benzene rings is 2. The first-order chi connectivity index (χ1) is 13.4. The topological polar surface area (TPSA) is 69.4 Å². The predicted molar refractivity (Wildman–Crippen MR) is 96.9 cm³/mol. The molecule has 0 aliphatic carbocycles. The molecule has 0 atom stereocenters. The van der Waals surface area contributed by atoms with Crippen LogP contribution < -0.4 is 5.56 Å². The van der Waals surface area contributed by atoms with Gasteiger partial charge in [-0.25, -0.2) is 9.67 Å². The van der Waals surface area contributed by atoms with Gasteiger partial charge in [0.25, 0.3) is 5.56 Å². The Morgan fingerprint density at radius 1 is 1.11 bits per heavy atom. The molecule has 1 heterocycles. The zero-order valence-electron chi connectivity index (χ0n) is 14.7. The second-order valence-electron chi connectivity index (χ2n) is 5.76. The fourth-order valence-electron chi connectivity index (χ4n) is 2.55. The molecular weight excluding hydrogens is 373 g/mol. The van der Waals surface area contributed by atoms with Gasteiger partial charge in [-0.15, -0.1) is 5.10 Å². The van der Waals surface area contributed by atoms with Crippen LogP contribution in [0.2, 0.25) is 0 Å². The summed E-state index contributed by atoms with van der Waals surface area (Å²) in [5.41, 5.74) is 1.50. The molecule has 144 valence electrons. The summed E-state index contributed by atoms with van der Waals surface area (Å²) in [6.07, 6.45) is -3.75. The van der Waals surface area contributed by atoms with Crippen molar-refractivity contribution in [2.45, 2.75) is 12.7 Å². The number of hydrogen-bond acceptors (Lipinski definition) is 5. The van der Waals surface area contributed by atoms with Gasteiger partial charge in [-0.2, -0.15) is 13.2 Å². The Kier molecular flexibility index (Phi) is 5.53. The minimum Gasteiger partial charge on any atom is -0.399 e. The van der Waals surface area contributed by atoms with E-state index in [2.05, 4.69) is 15.2 Å². The molecule has 3 aromatic rings. The highest BCUT2D eigenvalue weighted by Gasteiger charge is 2.29. The van der Waals surface area contributed by atoms with Crippen LogP contribution in [0, 0.1) is 0 Å². The van der Waals surface area contributed by atoms with E-state index in [4.69, 9.17) is 4.84 Å². The summed E-state index contributed by atoms with van der Waals surface area (Å²) in [6, 6.07) is 16.0. The average molecular weight is 388 g/mol. The zero-order chi connectivity index (χ0) is 20.1. The molecule has 9 heteroatoms. The van der Waals surface area contributed by atoms with Crippen molar-refractivity contribution in [3.05, 3.63) is 82.3 Å². The number of aromatic nitrogens is 3. The molecule has 0 bridgehead atoms. The van der Waals surface area contributed by atoms with Crippen LogP contribution in [0.1, 0.15) is 11.1 Å². The fourth-order valence-corrected chi connectivity index (χ4v) is 2.55. The summed E-state index contributed by atoms with van der Waals surface area (Å²) in [6.45, 7) is -1.48. The van der Waals surface area contributed by atoms with Gasteiger partial charge in [-0.05, 0) is 6.07 Å². The number of alkyl halides is 3. The fraction of sp³-hybridized carbons (Fsp3) is 0.158. The summed E-state index contributed by atoms with van der Waals surface area (Å²) in [5.74, 6) is -0.00414. The second-order valence-corrected chi connectivity index (χ2v) is 5.76. The number of hydrogen-bond donors (Lipinski definition) is 0. The van der Waals surface area contributed by atoms with E-state index in [0.717, 1.165) is 11.8 Å². The van der Waals surface area contributed by atoms with E-state index in [9.17, 15) is 18.0 Å².